The second-order valence-electron chi connectivity index (χ2n) is 5.67. The molecule has 0 saturated carbocycles. The first-order valence-corrected chi connectivity index (χ1v) is 8.76. The maximum atomic E-state index is 12.4. The van der Waals surface area contributed by atoms with Gasteiger partial charge in [-0.15, -0.1) is 11.3 Å². The molecule has 4 aromatic rings. The second-order valence-corrected chi connectivity index (χ2v) is 6.53. The highest BCUT2D eigenvalue weighted by Gasteiger charge is 2.18. The minimum Gasteiger partial charge on any atom is -0.497 e. The van der Waals surface area contributed by atoms with E-state index in [4.69, 9.17) is 9.15 Å². The van der Waals surface area contributed by atoms with Crippen LogP contribution in [0.4, 0.5) is 5.69 Å². The Morgan fingerprint density at radius 2 is 2.00 bits per heavy atom. The topological polar surface area (TPSA) is 95.5 Å². The summed E-state index contributed by atoms with van der Waals surface area (Å²) in [5.74, 6) is 0.708. The quantitative estimate of drug-likeness (QED) is 0.294. The zero-order chi connectivity index (χ0) is 19.0. The van der Waals surface area contributed by atoms with Gasteiger partial charge in [-0.1, -0.05) is 24.3 Å². The van der Waals surface area contributed by atoms with Crippen LogP contribution in [0.2, 0.25) is 0 Å². The number of nitro groups is 1. The van der Waals surface area contributed by atoms with Crippen LogP contribution in [0.3, 0.4) is 0 Å². The van der Waals surface area contributed by atoms with E-state index in [1.807, 2.05) is 29.6 Å². The molecule has 0 aliphatic rings. The molecule has 27 heavy (non-hydrogen) atoms. The van der Waals surface area contributed by atoms with Crippen molar-refractivity contribution >= 4 is 28.0 Å². The summed E-state index contributed by atoms with van der Waals surface area (Å²) in [7, 11) is 1.59. The van der Waals surface area contributed by atoms with Gasteiger partial charge in [0.2, 0.25) is 5.58 Å². The number of methoxy groups -OCH3 is 1. The van der Waals surface area contributed by atoms with Gasteiger partial charge in [-0.2, -0.15) is 0 Å². The van der Waals surface area contributed by atoms with Crippen LogP contribution >= 0.6 is 11.3 Å². The highest BCUT2D eigenvalue weighted by molar-refractivity contribution is 7.13. The minimum absolute atomic E-state index is 0.0409. The first kappa shape index (κ1) is 16.9. The van der Waals surface area contributed by atoms with E-state index in [9.17, 15) is 14.9 Å². The van der Waals surface area contributed by atoms with Crippen LogP contribution in [0.1, 0.15) is 0 Å². The summed E-state index contributed by atoms with van der Waals surface area (Å²) in [5.41, 5.74) is 0.878. The molecule has 0 unspecified atom stereocenters. The number of non-ortho nitro benzene ring substituents is 1. The maximum absolute atomic E-state index is 12.4. The average Bonchev–Trinajstić information content (AvgIpc) is 3.17. The van der Waals surface area contributed by atoms with Crippen molar-refractivity contribution in [2.75, 3.05) is 7.11 Å². The number of thiazole rings is 1. The van der Waals surface area contributed by atoms with Crippen LogP contribution in [-0.4, -0.2) is 17.0 Å². The summed E-state index contributed by atoms with van der Waals surface area (Å²) in [5, 5.41) is 13.9. The number of fused-ring (bicyclic) bond motifs is 1. The third kappa shape index (κ3) is 3.06. The Morgan fingerprint density at radius 3 is 2.78 bits per heavy atom. The molecule has 4 rings (SSSR count). The van der Waals surface area contributed by atoms with Crippen LogP contribution in [-0.2, 0) is 0 Å². The number of nitrogens with zero attached hydrogens (tertiary/aromatic N) is 2. The summed E-state index contributed by atoms with van der Waals surface area (Å²) >= 11 is 1.30. The lowest BCUT2D eigenvalue weighted by atomic mass is 10.1. The van der Waals surface area contributed by atoms with Crippen molar-refractivity contribution in [2.24, 2.45) is 0 Å². The van der Waals surface area contributed by atoms with Gasteiger partial charge in [0, 0.05) is 22.4 Å². The number of benzene rings is 2. The molecule has 0 aliphatic heterocycles. The summed E-state index contributed by atoms with van der Waals surface area (Å²) < 4.78 is 10.5. The molecule has 0 fully saturated rings. The monoisotopic (exact) mass is 380 g/mol. The molecule has 2 aromatic heterocycles. The predicted molar refractivity (Wildman–Crippen MR) is 102 cm³/mol. The fraction of sp³-hybridized carbons (Fsp3) is 0.0526. The summed E-state index contributed by atoms with van der Waals surface area (Å²) in [6, 6.07) is 13.5. The van der Waals surface area contributed by atoms with E-state index in [-0.39, 0.29) is 16.8 Å². The molecule has 0 amide bonds. The second kappa shape index (κ2) is 6.65. The van der Waals surface area contributed by atoms with Crippen LogP contribution in [0.15, 0.2) is 63.1 Å². The number of para-hydroxylation sites is 1. The van der Waals surface area contributed by atoms with Gasteiger partial charge < -0.3 is 9.15 Å². The maximum Gasteiger partial charge on any atom is 0.346 e. The van der Waals surface area contributed by atoms with Gasteiger partial charge in [0.1, 0.15) is 10.8 Å². The molecule has 0 atom stereocenters. The predicted octanol–water partition coefficient (Wildman–Crippen LogP) is 4.50. The Kier molecular flexibility index (Phi) is 4.17. The fourth-order valence-corrected chi connectivity index (χ4v) is 3.57. The standard InChI is InChI=1S/C19H12N2O5S/c1-25-13-6-2-4-11(8-13)15-10-27-18(20-15)14-9-12-5-3-7-16(21(23)24)17(12)26-19(14)22/h2-10H,1H3. The lowest BCUT2D eigenvalue weighted by molar-refractivity contribution is -0.383. The molecule has 0 aliphatic carbocycles. The highest BCUT2D eigenvalue weighted by atomic mass is 32.1. The number of aromatic nitrogens is 1. The first-order chi connectivity index (χ1) is 13.1. The van der Waals surface area contributed by atoms with Gasteiger partial charge in [0.05, 0.1) is 23.3 Å². The largest absolute Gasteiger partial charge is 0.497 e. The van der Waals surface area contributed by atoms with E-state index >= 15 is 0 Å². The number of nitro benzene ring substituents is 1. The Labute approximate surface area is 156 Å². The van der Waals surface area contributed by atoms with Crippen molar-refractivity contribution in [1.29, 1.82) is 0 Å². The van der Waals surface area contributed by atoms with E-state index in [1.54, 1.807) is 25.3 Å². The summed E-state index contributed by atoms with van der Waals surface area (Å²) in [6.45, 7) is 0. The Bertz CT molecular complexity index is 1230. The van der Waals surface area contributed by atoms with E-state index < -0.39 is 10.5 Å². The van der Waals surface area contributed by atoms with Crippen LogP contribution in [0.5, 0.6) is 5.75 Å². The molecule has 134 valence electrons. The van der Waals surface area contributed by atoms with Crippen molar-refractivity contribution < 1.29 is 14.1 Å². The Balaban J connectivity index is 1.81. The lowest BCUT2D eigenvalue weighted by Crippen LogP contribution is -2.03. The van der Waals surface area contributed by atoms with Crippen molar-refractivity contribution in [3.63, 3.8) is 0 Å². The highest BCUT2D eigenvalue weighted by Crippen LogP contribution is 2.31. The molecule has 0 N–H and O–H groups in total. The van der Waals surface area contributed by atoms with E-state index in [1.165, 1.54) is 17.4 Å². The molecule has 0 bridgehead atoms. The molecule has 2 aromatic carbocycles. The molecule has 2 heterocycles. The fourth-order valence-electron chi connectivity index (χ4n) is 2.73. The zero-order valence-corrected chi connectivity index (χ0v) is 14.9. The van der Waals surface area contributed by atoms with Crippen LogP contribution in [0, 0.1) is 10.1 Å². The molecule has 0 spiro atoms. The Hall–Kier alpha value is -3.52. The van der Waals surface area contributed by atoms with Crippen molar-refractivity contribution in [3.05, 3.63) is 74.4 Å². The number of hydrogen-bond donors (Lipinski definition) is 0. The van der Waals surface area contributed by atoms with Crippen molar-refractivity contribution in [1.82, 2.24) is 4.98 Å². The molecule has 7 nitrogen and oxygen atoms in total. The normalized spacial score (nSPS) is 10.9. The van der Waals surface area contributed by atoms with E-state index in [0.29, 0.717) is 21.8 Å². The van der Waals surface area contributed by atoms with E-state index in [0.717, 1.165) is 5.56 Å². The first-order valence-electron chi connectivity index (χ1n) is 7.88. The van der Waals surface area contributed by atoms with Gasteiger partial charge in [-0.05, 0) is 18.2 Å². The minimum atomic E-state index is -0.664. The molecular formula is C19H12N2O5S. The lowest BCUT2D eigenvalue weighted by Gasteiger charge is -2.02. The number of rotatable bonds is 4. The van der Waals surface area contributed by atoms with Gasteiger partial charge in [0.15, 0.2) is 0 Å². The summed E-state index contributed by atoms with van der Waals surface area (Å²) in [4.78, 5) is 27.5. The molecule has 0 radical (unpaired) electrons. The van der Waals surface area contributed by atoms with Crippen LogP contribution in [0.25, 0.3) is 32.8 Å². The average molecular weight is 380 g/mol. The van der Waals surface area contributed by atoms with Gasteiger partial charge >= 0.3 is 11.3 Å². The third-order valence-electron chi connectivity index (χ3n) is 4.04. The van der Waals surface area contributed by atoms with Crippen LogP contribution < -0.4 is 10.4 Å². The van der Waals surface area contributed by atoms with Gasteiger partial charge in [0.25, 0.3) is 0 Å². The number of hydrogen-bond acceptors (Lipinski definition) is 7. The number of ether oxygens (including phenoxy) is 1. The molecular weight excluding hydrogens is 368 g/mol. The zero-order valence-electron chi connectivity index (χ0n) is 14.0. The van der Waals surface area contributed by atoms with Gasteiger partial charge in [-0.3, -0.25) is 10.1 Å². The SMILES string of the molecule is COc1cccc(-c2csc(-c3cc4cccc([N+](=O)[O-])c4oc3=O)n2)c1. The van der Waals surface area contributed by atoms with Crippen molar-refractivity contribution in [2.45, 2.75) is 0 Å². The molecule has 0 saturated heterocycles. The Morgan fingerprint density at radius 1 is 1.19 bits per heavy atom. The van der Waals surface area contributed by atoms with E-state index in [2.05, 4.69) is 4.98 Å². The third-order valence-corrected chi connectivity index (χ3v) is 4.91. The smallest absolute Gasteiger partial charge is 0.346 e. The van der Waals surface area contributed by atoms with Crippen molar-refractivity contribution in [3.8, 4) is 27.6 Å². The summed E-state index contributed by atoms with van der Waals surface area (Å²) in [6.07, 6.45) is 0. The van der Waals surface area contributed by atoms with Gasteiger partial charge in [-0.25, -0.2) is 9.78 Å². The molecule has 8 heteroatoms.